The molecule has 0 amide bonds. The molecule has 3 nitrogen and oxygen atoms in total. The predicted molar refractivity (Wildman–Crippen MR) is 91.7 cm³/mol. The van der Waals surface area contributed by atoms with Crippen LogP contribution in [0.2, 0.25) is 0 Å². The average molecular weight is 314 g/mol. The highest BCUT2D eigenvalue weighted by Gasteiger charge is 2.34. The summed E-state index contributed by atoms with van der Waals surface area (Å²) in [4.78, 5) is 0. The number of thioether (sulfide) groups is 2. The SMILES string of the molecule is CCCNC(c1ccnn1CC)C1SCCSC1CC. The number of nitrogens with zero attached hydrogens (tertiary/aromatic N) is 2. The highest BCUT2D eigenvalue weighted by atomic mass is 32.2. The monoisotopic (exact) mass is 313 g/mol. The van der Waals surface area contributed by atoms with Gasteiger partial charge in [-0.15, -0.1) is 0 Å². The van der Waals surface area contributed by atoms with Crippen LogP contribution >= 0.6 is 23.5 Å². The molecule has 1 saturated heterocycles. The second-order valence-corrected chi connectivity index (χ2v) is 7.79. The van der Waals surface area contributed by atoms with Crippen LogP contribution < -0.4 is 5.32 Å². The van der Waals surface area contributed by atoms with Crippen molar-refractivity contribution in [3.63, 3.8) is 0 Å². The van der Waals surface area contributed by atoms with E-state index in [1.54, 1.807) is 0 Å². The number of aryl methyl sites for hydroxylation is 1. The van der Waals surface area contributed by atoms with Crippen LogP contribution in [0.25, 0.3) is 0 Å². The van der Waals surface area contributed by atoms with Gasteiger partial charge in [-0.3, -0.25) is 4.68 Å². The first-order valence-electron chi connectivity index (χ1n) is 7.80. The minimum Gasteiger partial charge on any atom is -0.308 e. The first kappa shape index (κ1) is 16.2. The predicted octanol–water partition coefficient (Wildman–Crippen LogP) is 3.57. The van der Waals surface area contributed by atoms with Crippen LogP contribution in [-0.2, 0) is 6.54 Å². The quantitative estimate of drug-likeness (QED) is 0.833. The second-order valence-electron chi connectivity index (χ2n) is 5.16. The maximum atomic E-state index is 4.47. The van der Waals surface area contributed by atoms with Crippen molar-refractivity contribution in [3.8, 4) is 0 Å². The van der Waals surface area contributed by atoms with Crippen molar-refractivity contribution in [3.05, 3.63) is 18.0 Å². The summed E-state index contributed by atoms with van der Waals surface area (Å²) < 4.78 is 2.15. The summed E-state index contributed by atoms with van der Waals surface area (Å²) in [6.45, 7) is 8.77. The molecule has 1 fully saturated rings. The minimum atomic E-state index is 0.431. The van der Waals surface area contributed by atoms with Gasteiger partial charge in [-0.1, -0.05) is 13.8 Å². The number of aromatic nitrogens is 2. The lowest BCUT2D eigenvalue weighted by Crippen LogP contribution is -2.40. The van der Waals surface area contributed by atoms with Crippen molar-refractivity contribution in [2.24, 2.45) is 0 Å². The van der Waals surface area contributed by atoms with Gasteiger partial charge in [-0.05, 0) is 32.4 Å². The number of hydrogen-bond donors (Lipinski definition) is 1. The van der Waals surface area contributed by atoms with Crippen LogP contribution in [0.5, 0.6) is 0 Å². The molecule has 5 heteroatoms. The Hall–Kier alpha value is -0.130. The van der Waals surface area contributed by atoms with Gasteiger partial charge in [0, 0.05) is 34.7 Å². The summed E-state index contributed by atoms with van der Waals surface area (Å²) in [5.74, 6) is 2.57. The van der Waals surface area contributed by atoms with Crippen LogP contribution in [-0.4, -0.2) is 38.3 Å². The van der Waals surface area contributed by atoms with Gasteiger partial charge in [0.15, 0.2) is 0 Å². The van der Waals surface area contributed by atoms with Crippen molar-refractivity contribution in [1.29, 1.82) is 0 Å². The van der Waals surface area contributed by atoms with E-state index in [9.17, 15) is 0 Å². The first-order valence-corrected chi connectivity index (χ1v) is 9.89. The molecule has 0 bridgehead atoms. The zero-order valence-electron chi connectivity index (χ0n) is 12.8. The fourth-order valence-corrected chi connectivity index (χ4v) is 6.04. The maximum absolute atomic E-state index is 4.47. The Morgan fingerprint density at radius 1 is 1.35 bits per heavy atom. The van der Waals surface area contributed by atoms with Crippen LogP contribution in [0.3, 0.4) is 0 Å². The van der Waals surface area contributed by atoms with E-state index in [-0.39, 0.29) is 0 Å². The third-order valence-electron chi connectivity index (χ3n) is 3.80. The summed E-state index contributed by atoms with van der Waals surface area (Å²) in [5, 5.41) is 9.67. The Balaban J connectivity index is 2.21. The first-order chi connectivity index (χ1) is 9.81. The number of hydrogen-bond acceptors (Lipinski definition) is 4. The van der Waals surface area contributed by atoms with Gasteiger partial charge in [0.2, 0.25) is 0 Å². The second kappa shape index (κ2) is 8.35. The molecule has 3 atom stereocenters. The average Bonchev–Trinajstić information content (AvgIpc) is 2.96. The lowest BCUT2D eigenvalue weighted by atomic mass is 10.0. The fourth-order valence-electron chi connectivity index (χ4n) is 2.81. The van der Waals surface area contributed by atoms with E-state index in [0.717, 1.165) is 18.3 Å². The smallest absolute Gasteiger partial charge is 0.0623 e. The fraction of sp³-hybridized carbons (Fsp3) is 0.800. The molecule has 0 aliphatic carbocycles. The molecule has 114 valence electrons. The molecule has 1 aliphatic rings. The third-order valence-corrected chi connectivity index (χ3v) is 7.16. The van der Waals surface area contributed by atoms with Gasteiger partial charge >= 0.3 is 0 Å². The molecule has 2 heterocycles. The Bertz CT molecular complexity index is 394. The third kappa shape index (κ3) is 3.74. The largest absolute Gasteiger partial charge is 0.308 e. The van der Waals surface area contributed by atoms with Gasteiger partial charge in [0.25, 0.3) is 0 Å². The summed E-state index contributed by atoms with van der Waals surface area (Å²) >= 11 is 4.30. The minimum absolute atomic E-state index is 0.431. The Kier molecular flexibility index (Phi) is 6.78. The van der Waals surface area contributed by atoms with Crippen LogP contribution in [0.1, 0.15) is 45.3 Å². The normalized spacial score (nSPS) is 24.8. The van der Waals surface area contributed by atoms with Gasteiger partial charge in [0.1, 0.15) is 0 Å². The zero-order valence-corrected chi connectivity index (χ0v) is 14.5. The Labute approximate surface area is 131 Å². The summed E-state index contributed by atoms with van der Waals surface area (Å²) in [6.07, 6.45) is 4.38. The van der Waals surface area contributed by atoms with Crippen molar-refractivity contribution in [2.75, 3.05) is 18.1 Å². The van der Waals surface area contributed by atoms with E-state index in [4.69, 9.17) is 0 Å². The van der Waals surface area contributed by atoms with E-state index >= 15 is 0 Å². The summed E-state index contributed by atoms with van der Waals surface area (Å²) in [7, 11) is 0. The highest BCUT2D eigenvalue weighted by Crippen LogP contribution is 2.40. The molecule has 0 aromatic carbocycles. The number of nitrogens with one attached hydrogen (secondary N) is 1. The molecule has 1 aromatic heterocycles. The zero-order chi connectivity index (χ0) is 14.4. The molecular weight excluding hydrogens is 286 g/mol. The van der Waals surface area contributed by atoms with Crippen molar-refractivity contribution in [1.82, 2.24) is 15.1 Å². The molecule has 2 rings (SSSR count). The molecule has 1 N–H and O–H groups in total. The van der Waals surface area contributed by atoms with E-state index in [2.05, 4.69) is 65.5 Å². The number of rotatable bonds is 7. The lowest BCUT2D eigenvalue weighted by Gasteiger charge is -2.36. The van der Waals surface area contributed by atoms with Gasteiger partial charge in [-0.25, -0.2) is 0 Å². The topological polar surface area (TPSA) is 29.9 Å². The molecule has 1 aromatic rings. The van der Waals surface area contributed by atoms with Crippen molar-refractivity contribution < 1.29 is 0 Å². The van der Waals surface area contributed by atoms with Crippen LogP contribution in [0.15, 0.2) is 12.3 Å². The van der Waals surface area contributed by atoms with Crippen molar-refractivity contribution in [2.45, 2.75) is 56.7 Å². The lowest BCUT2D eigenvalue weighted by molar-refractivity contribution is 0.457. The van der Waals surface area contributed by atoms with E-state index in [1.165, 1.54) is 30.0 Å². The summed E-state index contributed by atoms with van der Waals surface area (Å²) in [5.41, 5.74) is 1.36. The van der Waals surface area contributed by atoms with E-state index in [1.807, 2.05) is 6.20 Å². The molecule has 0 radical (unpaired) electrons. The van der Waals surface area contributed by atoms with Crippen molar-refractivity contribution >= 4 is 23.5 Å². The molecule has 0 spiro atoms. The Morgan fingerprint density at radius 2 is 2.15 bits per heavy atom. The highest BCUT2D eigenvalue weighted by molar-refractivity contribution is 8.07. The van der Waals surface area contributed by atoms with Gasteiger partial charge in [-0.2, -0.15) is 28.6 Å². The van der Waals surface area contributed by atoms with Crippen LogP contribution in [0.4, 0.5) is 0 Å². The molecule has 0 saturated carbocycles. The van der Waals surface area contributed by atoms with Crippen LogP contribution in [0, 0.1) is 0 Å². The molecular formula is C15H27N3S2. The molecule has 3 unspecified atom stereocenters. The Morgan fingerprint density at radius 3 is 2.85 bits per heavy atom. The molecule has 1 aliphatic heterocycles. The van der Waals surface area contributed by atoms with Gasteiger partial charge < -0.3 is 5.32 Å². The van der Waals surface area contributed by atoms with E-state index < -0.39 is 0 Å². The maximum Gasteiger partial charge on any atom is 0.0623 e. The van der Waals surface area contributed by atoms with Gasteiger partial charge in [0.05, 0.1) is 11.7 Å². The van der Waals surface area contributed by atoms with E-state index in [0.29, 0.717) is 11.3 Å². The standard InChI is InChI=1S/C15H27N3S2/c1-4-8-16-14(12-7-9-17-18(12)6-3)15-13(5-2)19-10-11-20-15/h7,9,13-16H,4-6,8,10-11H2,1-3H3. The summed E-state index contributed by atoms with van der Waals surface area (Å²) in [6, 6.07) is 2.63. The molecule has 20 heavy (non-hydrogen) atoms.